The Balaban J connectivity index is 1.28. The number of piperidine rings is 3. The lowest BCUT2D eigenvalue weighted by Crippen LogP contribution is -2.46. The predicted octanol–water partition coefficient (Wildman–Crippen LogP) is 3.57. The number of hydrogen-bond donors (Lipinski definition) is 3. The second kappa shape index (κ2) is 12.1. The molecule has 2 aromatic heterocycles. The Morgan fingerprint density at radius 3 is 2.56 bits per heavy atom. The quantitative estimate of drug-likeness (QED) is 0.344. The number of nitrogens with zero attached hydrogens (tertiary/aromatic N) is 5. The highest BCUT2D eigenvalue weighted by molar-refractivity contribution is 7.16. The van der Waals surface area contributed by atoms with Gasteiger partial charge in [0.25, 0.3) is 5.91 Å². The van der Waals surface area contributed by atoms with Gasteiger partial charge in [-0.15, -0.1) is 11.3 Å². The molecule has 1 atom stereocenters. The minimum absolute atomic E-state index is 0.0702. The second-order valence-electron chi connectivity index (χ2n) is 13.1. The lowest BCUT2D eigenvalue weighted by molar-refractivity contribution is -0.123. The van der Waals surface area contributed by atoms with E-state index in [1.54, 1.807) is 0 Å². The van der Waals surface area contributed by atoms with Gasteiger partial charge in [-0.1, -0.05) is 0 Å². The van der Waals surface area contributed by atoms with E-state index < -0.39 is 5.41 Å². The minimum atomic E-state index is -0.960. The SMILES string of the molecule is CN1CCC2(CC1)CCN(c1cc(OC3CCNCC3)cc(C(N)=NC(=O)C3(C)CCCc4sc(N)c(C#N)c43)n1)CC2. The predicted molar refractivity (Wildman–Crippen MR) is 171 cm³/mol. The van der Waals surface area contributed by atoms with Crippen LogP contribution in [0.25, 0.3) is 0 Å². The van der Waals surface area contributed by atoms with Gasteiger partial charge >= 0.3 is 0 Å². The van der Waals surface area contributed by atoms with Gasteiger partial charge < -0.3 is 31.3 Å². The van der Waals surface area contributed by atoms with Gasteiger partial charge in [0.2, 0.25) is 0 Å². The van der Waals surface area contributed by atoms with Gasteiger partial charge in [0.15, 0.2) is 5.84 Å². The second-order valence-corrected chi connectivity index (χ2v) is 14.3. The molecule has 3 aliphatic heterocycles. The molecule has 0 radical (unpaired) electrons. The summed E-state index contributed by atoms with van der Waals surface area (Å²) in [5.74, 6) is 1.23. The van der Waals surface area contributed by atoms with E-state index in [2.05, 4.69) is 33.2 Å². The van der Waals surface area contributed by atoms with E-state index in [0.29, 0.717) is 33.8 Å². The number of thiophene rings is 1. The van der Waals surface area contributed by atoms with Crippen LogP contribution in [0.15, 0.2) is 17.1 Å². The minimum Gasteiger partial charge on any atom is -0.490 e. The zero-order valence-electron chi connectivity index (χ0n) is 25.5. The lowest BCUT2D eigenvalue weighted by Gasteiger charge is -2.46. The summed E-state index contributed by atoms with van der Waals surface area (Å²) in [6.07, 6.45) is 8.98. The van der Waals surface area contributed by atoms with Gasteiger partial charge in [0, 0.05) is 35.7 Å². The number of likely N-dealkylation sites (tertiary alicyclic amines) is 1. The normalized spacial score (nSPS) is 24.9. The van der Waals surface area contributed by atoms with Crippen molar-refractivity contribution in [3.63, 3.8) is 0 Å². The number of aromatic nitrogens is 1. The van der Waals surface area contributed by atoms with Crippen molar-refractivity contribution in [2.75, 3.05) is 56.9 Å². The molecular formula is C32H44N8O2S. The number of aliphatic imine (C=N–C) groups is 1. The van der Waals surface area contributed by atoms with E-state index in [4.69, 9.17) is 21.2 Å². The van der Waals surface area contributed by atoms with Crippen LogP contribution in [0, 0.1) is 16.7 Å². The topological polar surface area (TPSA) is 146 Å². The molecule has 1 spiro atoms. The number of pyridine rings is 1. The molecule has 230 valence electrons. The molecule has 1 amide bonds. The van der Waals surface area contributed by atoms with E-state index in [-0.39, 0.29) is 17.8 Å². The third-order valence-corrected chi connectivity index (χ3v) is 11.4. The summed E-state index contributed by atoms with van der Waals surface area (Å²) in [7, 11) is 2.21. The first-order valence-corrected chi connectivity index (χ1v) is 16.5. The molecule has 4 aliphatic rings. The summed E-state index contributed by atoms with van der Waals surface area (Å²) in [6.45, 7) is 7.90. The zero-order chi connectivity index (χ0) is 30.2. The van der Waals surface area contributed by atoms with Crippen LogP contribution in [0.5, 0.6) is 5.75 Å². The third kappa shape index (κ3) is 5.97. The van der Waals surface area contributed by atoms with Crippen LogP contribution in [0.1, 0.15) is 80.0 Å². The Kier molecular flexibility index (Phi) is 8.37. The number of amides is 1. The molecule has 0 saturated carbocycles. The van der Waals surface area contributed by atoms with Crippen molar-refractivity contribution >= 4 is 33.9 Å². The fraction of sp³-hybridized carbons (Fsp3) is 0.625. The molecule has 2 aromatic rings. The van der Waals surface area contributed by atoms with Crippen LogP contribution in [0.3, 0.4) is 0 Å². The third-order valence-electron chi connectivity index (χ3n) is 10.3. The van der Waals surface area contributed by atoms with Crippen LogP contribution in [0.4, 0.5) is 10.8 Å². The molecule has 6 rings (SSSR count). The zero-order valence-corrected chi connectivity index (χ0v) is 26.3. The molecule has 1 aliphatic carbocycles. The van der Waals surface area contributed by atoms with E-state index in [0.717, 1.165) is 94.1 Å². The maximum absolute atomic E-state index is 13.8. The van der Waals surface area contributed by atoms with Crippen LogP contribution >= 0.6 is 11.3 Å². The maximum atomic E-state index is 13.8. The number of anilines is 2. The number of amidine groups is 1. The van der Waals surface area contributed by atoms with Gasteiger partial charge in [-0.3, -0.25) is 4.79 Å². The van der Waals surface area contributed by atoms with Crippen molar-refractivity contribution in [1.82, 2.24) is 15.2 Å². The molecule has 3 saturated heterocycles. The number of aryl methyl sites for hydroxylation is 1. The first-order valence-electron chi connectivity index (χ1n) is 15.7. The summed E-state index contributed by atoms with van der Waals surface area (Å²) in [4.78, 5) is 29.0. The van der Waals surface area contributed by atoms with Crippen molar-refractivity contribution in [3.05, 3.63) is 33.8 Å². The molecule has 1 unspecified atom stereocenters. The monoisotopic (exact) mass is 604 g/mol. The van der Waals surface area contributed by atoms with Crippen LogP contribution in [-0.4, -0.2) is 74.0 Å². The van der Waals surface area contributed by atoms with E-state index in [1.807, 2.05) is 19.1 Å². The molecular weight excluding hydrogens is 560 g/mol. The first-order chi connectivity index (χ1) is 20.7. The molecule has 5 N–H and O–H groups in total. The number of rotatable bonds is 5. The summed E-state index contributed by atoms with van der Waals surface area (Å²) in [5, 5.41) is 13.7. The largest absolute Gasteiger partial charge is 0.490 e. The lowest BCUT2D eigenvalue weighted by atomic mass is 9.71. The van der Waals surface area contributed by atoms with Gasteiger partial charge in [-0.2, -0.15) is 10.3 Å². The number of carbonyl (C=O) groups is 1. The van der Waals surface area contributed by atoms with E-state index >= 15 is 0 Å². The average molecular weight is 605 g/mol. The van der Waals surface area contributed by atoms with Gasteiger partial charge in [-0.05, 0) is 103 Å². The number of nitrogens with two attached hydrogens (primary N) is 2. The Morgan fingerprint density at radius 1 is 1.16 bits per heavy atom. The summed E-state index contributed by atoms with van der Waals surface area (Å²) >= 11 is 1.40. The van der Waals surface area contributed by atoms with Gasteiger partial charge in [0.1, 0.15) is 34.4 Å². The van der Waals surface area contributed by atoms with Crippen LogP contribution in [0.2, 0.25) is 0 Å². The Labute approximate surface area is 258 Å². The summed E-state index contributed by atoms with van der Waals surface area (Å²) < 4.78 is 6.46. The van der Waals surface area contributed by atoms with Crippen molar-refractivity contribution in [3.8, 4) is 11.8 Å². The number of ether oxygens (including phenoxy) is 1. The van der Waals surface area contributed by atoms with Gasteiger partial charge in [-0.25, -0.2) is 4.98 Å². The molecule has 0 bridgehead atoms. The Hall–Kier alpha value is -3.20. The number of nitriles is 1. The Morgan fingerprint density at radius 2 is 1.86 bits per heavy atom. The summed E-state index contributed by atoms with van der Waals surface area (Å²) in [6, 6.07) is 6.06. The molecule has 3 fully saturated rings. The number of carbonyl (C=O) groups excluding carboxylic acids is 1. The van der Waals surface area contributed by atoms with Crippen molar-refractivity contribution in [1.29, 1.82) is 5.26 Å². The van der Waals surface area contributed by atoms with Crippen molar-refractivity contribution in [2.24, 2.45) is 16.1 Å². The number of fused-ring (bicyclic) bond motifs is 1. The molecule has 43 heavy (non-hydrogen) atoms. The molecule has 5 heterocycles. The standard InChI is InChI=1S/C32H44N8O2S/c1-31(7-3-4-25-27(31)23(20-33)29(35)43-25)30(41)38-28(34)24-18-22(42-21-5-12-36-13-6-21)19-26(37-24)40-16-10-32(11-17-40)8-14-39(2)15-9-32/h18-19,21,36H,3-17,35H2,1-2H3,(H2,34,38,41). The van der Waals surface area contributed by atoms with Crippen LogP contribution in [-0.2, 0) is 16.6 Å². The van der Waals surface area contributed by atoms with E-state index in [9.17, 15) is 10.1 Å². The van der Waals surface area contributed by atoms with Gasteiger partial charge in [0.05, 0.1) is 11.0 Å². The highest BCUT2D eigenvalue weighted by Gasteiger charge is 2.43. The maximum Gasteiger partial charge on any atom is 0.258 e. The van der Waals surface area contributed by atoms with Crippen LogP contribution < -0.4 is 26.4 Å². The first kappa shape index (κ1) is 29.9. The fourth-order valence-electron chi connectivity index (χ4n) is 7.36. The van der Waals surface area contributed by atoms with Crippen molar-refractivity contribution < 1.29 is 9.53 Å². The smallest absolute Gasteiger partial charge is 0.258 e. The molecule has 11 heteroatoms. The Bertz CT molecular complexity index is 1420. The number of nitrogens with one attached hydrogen (secondary N) is 1. The fourth-order valence-corrected chi connectivity index (χ4v) is 8.55. The van der Waals surface area contributed by atoms with Crippen molar-refractivity contribution in [2.45, 2.75) is 76.2 Å². The average Bonchev–Trinajstić information content (AvgIpc) is 3.35. The van der Waals surface area contributed by atoms with E-state index in [1.165, 1.54) is 24.2 Å². The highest BCUT2D eigenvalue weighted by Crippen LogP contribution is 2.46. The molecule has 0 aromatic carbocycles. The molecule has 10 nitrogen and oxygen atoms in total. The number of nitrogen functional groups attached to an aromatic ring is 1. The highest BCUT2D eigenvalue weighted by atomic mass is 32.1. The number of hydrogen-bond acceptors (Lipinski definition) is 9. The summed E-state index contributed by atoms with van der Waals surface area (Å²) in [5.41, 5.74) is 13.8.